The molecule has 0 aliphatic carbocycles. The Balaban J connectivity index is 3.44. The second-order valence-corrected chi connectivity index (χ2v) is 4.71. The van der Waals surface area contributed by atoms with Gasteiger partial charge in [-0.05, 0) is 44.5 Å². The number of allylic oxidation sites excluding steroid dienone is 2. The number of nitrogens with zero attached hydrogens (tertiary/aromatic N) is 1. The van der Waals surface area contributed by atoms with Crippen molar-refractivity contribution in [1.29, 1.82) is 0 Å². The highest BCUT2D eigenvalue weighted by molar-refractivity contribution is 6.10. The van der Waals surface area contributed by atoms with Crippen molar-refractivity contribution in [1.82, 2.24) is 0 Å². The van der Waals surface area contributed by atoms with Crippen molar-refractivity contribution < 1.29 is 26.3 Å². The van der Waals surface area contributed by atoms with Gasteiger partial charge in [0.15, 0.2) is 0 Å². The van der Waals surface area contributed by atoms with Crippen LogP contribution in [0.3, 0.4) is 0 Å². The molecule has 0 spiro atoms. The van der Waals surface area contributed by atoms with E-state index in [4.69, 9.17) is 0 Å². The molecule has 0 aromatic heterocycles. The minimum atomic E-state index is -4.57. The maximum Gasteiger partial charge on any atom is 0.416 e. The van der Waals surface area contributed by atoms with Crippen molar-refractivity contribution in [3.63, 3.8) is 0 Å². The van der Waals surface area contributed by atoms with Gasteiger partial charge in [-0.3, -0.25) is 4.99 Å². The minimum Gasteiger partial charge on any atom is -0.285 e. The lowest BCUT2D eigenvalue weighted by molar-refractivity contribution is -0.137. The number of rotatable bonds is 3. The SMILES string of the molecule is CC/N=C(\C=C(/C)C(F)(F)F)c1cc(C(F)(F)F)ccc1C. The summed E-state index contributed by atoms with van der Waals surface area (Å²) < 4.78 is 76.2. The third-order valence-corrected chi connectivity index (χ3v) is 2.97. The summed E-state index contributed by atoms with van der Waals surface area (Å²) in [4.78, 5) is 3.90. The van der Waals surface area contributed by atoms with E-state index in [1.165, 1.54) is 13.0 Å². The zero-order valence-electron chi connectivity index (χ0n) is 12.2. The predicted molar refractivity (Wildman–Crippen MR) is 73.1 cm³/mol. The smallest absolute Gasteiger partial charge is 0.285 e. The maximum atomic E-state index is 12.8. The van der Waals surface area contributed by atoms with Crippen molar-refractivity contribution in [3.05, 3.63) is 46.5 Å². The molecular formula is C15H15F6N. The molecular weight excluding hydrogens is 308 g/mol. The van der Waals surface area contributed by atoms with Crippen molar-refractivity contribution in [2.45, 2.75) is 33.1 Å². The van der Waals surface area contributed by atoms with Gasteiger partial charge in [0.1, 0.15) is 0 Å². The first-order valence-corrected chi connectivity index (χ1v) is 6.45. The number of aryl methyl sites for hydroxylation is 1. The summed E-state index contributed by atoms with van der Waals surface area (Å²) in [5.74, 6) is 0. The molecule has 0 heterocycles. The number of hydrogen-bond donors (Lipinski definition) is 0. The lowest BCUT2D eigenvalue weighted by Crippen LogP contribution is -2.13. The fourth-order valence-corrected chi connectivity index (χ4v) is 1.74. The average molecular weight is 323 g/mol. The third-order valence-electron chi connectivity index (χ3n) is 2.97. The lowest BCUT2D eigenvalue weighted by Gasteiger charge is -2.13. The number of aliphatic imine (C=N–C) groups is 1. The van der Waals surface area contributed by atoms with Gasteiger partial charge >= 0.3 is 12.4 Å². The van der Waals surface area contributed by atoms with Crippen LogP contribution in [0.15, 0.2) is 34.8 Å². The molecule has 1 aromatic rings. The molecule has 0 saturated carbocycles. The molecule has 122 valence electrons. The zero-order chi connectivity index (χ0) is 17.1. The highest BCUT2D eigenvalue weighted by Gasteiger charge is 2.32. The Morgan fingerprint density at radius 3 is 2.18 bits per heavy atom. The largest absolute Gasteiger partial charge is 0.416 e. The molecule has 1 nitrogen and oxygen atoms in total. The summed E-state index contributed by atoms with van der Waals surface area (Å²) in [6.07, 6.45) is -8.35. The van der Waals surface area contributed by atoms with Gasteiger partial charge in [-0.1, -0.05) is 6.07 Å². The molecule has 0 fully saturated rings. The first-order chi connectivity index (χ1) is 9.96. The zero-order valence-corrected chi connectivity index (χ0v) is 12.2. The molecule has 0 atom stereocenters. The average Bonchev–Trinajstić information content (AvgIpc) is 2.36. The molecule has 7 heteroatoms. The van der Waals surface area contributed by atoms with Gasteiger partial charge in [-0.15, -0.1) is 0 Å². The Labute approximate surface area is 124 Å². The molecule has 22 heavy (non-hydrogen) atoms. The molecule has 1 aromatic carbocycles. The van der Waals surface area contributed by atoms with Crippen LogP contribution in [0.4, 0.5) is 26.3 Å². The van der Waals surface area contributed by atoms with Crippen LogP contribution in [0, 0.1) is 6.92 Å². The molecule has 0 N–H and O–H groups in total. The van der Waals surface area contributed by atoms with Crippen molar-refractivity contribution in [3.8, 4) is 0 Å². The summed E-state index contributed by atoms with van der Waals surface area (Å²) in [5, 5.41) is 0. The van der Waals surface area contributed by atoms with Crippen LogP contribution < -0.4 is 0 Å². The van der Waals surface area contributed by atoms with Gasteiger partial charge in [0.25, 0.3) is 0 Å². The van der Waals surface area contributed by atoms with E-state index in [9.17, 15) is 26.3 Å². The normalized spacial score (nSPS) is 14.4. The Morgan fingerprint density at radius 2 is 1.73 bits per heavy atom. The van der Waals surface area contributed by atoms with Crippen LogP contribution in [-0.2, 0) is 6.18 Å². The number of halogens is 6. The fourth-order valence-electron chi connectivity index (χ4n) is 1.74. The summed E-state index contributed by atoms with van der Waals surface area (Å²) in [5.41, 5.74) is -1.49. The second kappa shape index (κ2) is 6.54. The van der Waals surface area contributed by atoms with Crippen LogP contribution in [0.2, 0.25) is 0 Å². The number of benzene rings is 1. The van der Waals surface area contributed by atoms with E-state index in [1.54, 1.807) is 6.92 Å². The second-order valence-electron chi connectivity index (χ2n) is 4.71. The van der Waals surface area contributed by atoms with E-state index in [0.717, 1.165) is 25.1 Å². The molecule has 0 aliphatic rings. The minimum absolute atomic E-state index is 0.0419. The van der Waals surface area contributed by atoms with Crippen molar-refractivity contribution in [2.24, 2.45) is 4.99 Å². The van der Waals surface area contributed by atoms with Gasteiger partial charge < -0.3 is 0 Å². The summed E-state index contributed by atoms with van der Waals surface area (Å²) >= 11 is 0. The van der Waals surface area contributed by atoms with Gasteiger partial charge in [-0.2, -0.15) is 26.3 Å². The Hall–Kier alpha value is -1.79. The monoisotopic (exact) mass is 323 g/mol. The highest BCUT2D eigenvalue weighted by atomic mass is 19.4. The Kier molecular flexibility index (Phi) is 5.43. The molecule has 0 amide bonds. The molecule has 0 saturated heterocycles. The van der Waals surface area contributed by atoms with Gasteiger partial charge in [-0.25, -0.2) is 0 Å². The Morgan fingerprint density at radius 1 is 1.14 bits per heavy atom. The van der Waals surface area contributed by atoms with Crippen molar-refractivity contribution in [2.75, 3.05) is 6.54 Å². The van der Waals surface area contributed by atoms with Crippen LogP contribution in [-0.4, -0.2) is 18.4 Å². The van der Waals surface area contributed by atoms with E-state index < -0.39 is 23.5 Å². The van der Waals surface area contributed by atoms with Crippen LogP contribution in [0.5, 0.6) is 0 Å². The Bertz CT molecular complexity index is 593. The van der Waals surface area contributed by atoms with Gasteiger partial charge in [0.2, 0.25) is 0 Å². The molecule has 1 rings (SSSR count). The fraction of sp³-hybridized carbons (Fsp3) is 0.400. The van der Waals surface area contributed by atoms with Crippen LogP contribution in [0.1, 0.15) is 30.5 Å². The van der Waals surface area contributed by atoms with Gasteiger partial charge in [0, 0.05) is 17.7 Å². The van der Waals surface area contributed by atoms with E-state index in [1.807, 2.05) is 0 Å². The summed E-state index contributed by atoms with van der Waals surface area (Å²) in [6, 6.07) is 2.94. The number of alkyl halides is 6. The standard InChI is InChI=1S/C15H15F6N/c1-4-22-13(7-10(3)14(16,17)18)12-8-11(15(19,20)21)6-5-9(12)2/h5-8H,4H2,1-3H3/b10-7+,22-13+. The van der Waals surface area contributed by atoms with E-state index in [0.29, 0.717) is 5.56 Å². The van der Waals surface area contributed by atoms with E-state index >= 15 is 0 Å². The van der Waals surface area contributed by atoms with Crippen molar-refractivity contribution >= 4 is 5.71 Å². The first kappa shape index (κ1) is 18.3. The van der Waals surface area contributed by atoms with E-state index in [-0.39, 0.29) is 17.8 Å². The van der Waals surface area contributed by atoms with E-state index in [2.05, 4.69) is 4.99 Å². The first-order valence-electron chi connectivity index (χ1n) is 6.45. The predicted octanol–water partition coefficient (Wildman–Crippen LogP) is 5.33. The molecule has 0 unspecified atom stereocenters. The lowest BCUT2D eigenvalue weighted by atomic mass is 9.99. The van der Waals surface area contributed by atoms with Gasteiger partial charge in [0.05, 0.1) is 11.3 Å². The molecule has 0 radical (unpaired) electrons. The van der Waals surface area contributed by atoms with Crippen LogP contribution >= 0.6 is 0 Å². The number of hydrogen-bond acceptors (Lipinski definition) is 1. The maximum absolute atomic E-state index is 12.8. The molecule has 0 aliphatic heterocycles. The summed E-state index contributed by atoms with van der Waals surface area (Å²) in [7, 11) is 0. The quantitative estimate of drug-likeness (QED) is 0.526. The topological polar surface area (TPSA) is 12.4 Å². The third kappa shape index (κ3) is 4.61. The summed E-state index contributed by atoms with van der Waals surface area (Å²) in [6.45, 7) is 4.14. The molecule has 0 bridgehead atoms. The highest BCUT2D eigenvalue weighted by Crippen LogP contribution is 2.31. The van der Waals surface area contributed by atoms with Crippen LogP contribution in [0.25, 0.3) is 0 Å².